The maximum atomic E-state index is 5.42. The predicted molar refractivity (Wildman–Crippen MR) is 48.9 cm³/mol. The molecule has 0 radical (unpaired) electrons. The Morgan fingerprint density at radius 3 is 3.14 bits per heavy atom. The van der Waals surface area contributed by atoms with Gasteiger partial charge in [0.15, 0.2) is 0 Å². The van der Waals surface area contributed by atoms with Crippen LogP contribution in [-0.2, 0) is 6.42 Å². The fraction of sp³-hybridized carbons (Fsp3) is 0.250. The van der Waals surface area contributed by atoms with E-state index in [1.807, 2.05) is 6.07 Å². The number of nitrogens with two attached hydrogens (primary N) is 1. The molecule has 2 aromatic heterocycles. The zero-order valence-corrected chi connectivity index (χ0v) is 7.47. The molecule has 0 saturated carbocycles. The molecule has 0 aliphatic carbocycles. The molecular weight excluding hydrogens is 182 g/mol. The van der Waals surface area contributed by atoms with E-state index in [0.29, 0.717) is 0 Å². The van der Waals surface area contributed by atoms with Crippen molar-refractivity contribution in [1.29, 1.82) is 0 Å². The van der Waals surface area contributed by atoms with Crippen molar-refractivity contribution in [1.82, 2.24) is 20.8 Å². The Labute approximate surface area is 80.5 Å². The zero-order valence-electron chi connectivity index (χ0n) is 7.47. The highest BCUT2D eigenvalue weighted by Crippen LogP contribution is 2.14. The van der Waals surface area contributed by atoms with Crippen LogP contribution in [0.15, 0.2) is 29.2 Å². The lowest BCUT2D eigenvalue weighted by Crippen LogP contribution is -2.29. The Morgan fingerprint density at radius 2 is 2.57 bits per heavy atom. The SMILES string of the molecule is NNC(Cc1ccoc1)c1cn[nH]n1. The molecule has 2 heterocycles. The number of H-pyrrole nitrogens is 1. The second kappa shape index (κ2) is 4.03. The molecule has 6 heteroatoms. The van der Waals surface area contributed by atoms with Crippen molar-refractivity contribution < 1.29 is 4.42 Å². The van der Waals surface area contributed by atoms with Crippen molar-refractivity contribution >= 4 is 0 Å². The highest BCUT2D eigenvalue weighted by molar-refractivity contribution is 5.11. The van der Waals surface area contributed by atoms with E-state index in [4.69, 9.17) is 10.3 Å². The molecule has 0 aliphatic rings. The fourth-order valence-corrected chi connectivity index (χ4v) is 1.27. The van der Waals surface area contributed by atoms with Crippen LogP contribution >= 0.6 is 0 Å². The molecule has 0 amide bonds. The van der Waals surface area contributed by atoms with Gasteiger partial charge in [-0.3, -0.25) is 11.3 Å². The van der Waals surface area contributed by atoms with Gasteiger partial charge in [0.2, 0.25) is 0 Å². The van der Waals surface area contributed by atoms with Gasteiger partial charge < -0.3 is 4.42 Å². The van der Waals surface area contributed by atoms with Gasteiger partial charge in [0.05, 0.1) is 24.8 Å². The van der Waals surface area contributed by atoms with Gasteiger partial charge in [0.25, 0.3) is 0 Å². The molecule has 0 bridgehead atoms. The summed E-state index contributed by atoms with van der Waals surface area (Å²) in [4.78, 5) is 0. The normalized spacial score (nSPS) is 12.9. The van der Waals surface area contributed by atoms with Crippen molar-refractivity contribution in [2.45, 2.75) is 12.5 Å². The van der Waals surface area contributed by atoms with Crippen LogP contribution < -0.4 is 11.3 Å². The van der Waals surface area contributed by atoms with Gasteiger partial charge in [-0.2, -0.15) is 15.4 Å². The quantitative estimate of drug-likeness (QED) is 0.474. The molecule has 0 saturated heterocycles. The molecular formula is C8H11N5O. The van der Waals surface area contributed by atoms with Crippen LogP contribution in [0.1, 0.15) is 17.3 Å². The minimum atomic E-state index is -0.0497. The molecule has 2 aromatic rings. The first kappa shape index (κ1) is 8.92. The molecule has 1 unspecified atom stereocenters. The average Bonchev–Trinajstić information content (AvgIpc) is 2.86. The van der Waals surface area contributed by atoms with Crippen LogP contribution in [0.5, 0.6) is 0 Å². The summed E-state index contributed by atoms with van der Waals surface area (Å²) in [5, 5.41) is 10.2. The molecule has 1 atom stereocenters. The molecule has 74 valence electrons. The Bertz CT molecular complexity index is 355. The van der Waals surface area contributed by atoms with Crippen LogP contribution in [-0.4, -0.2) is 15.4 Å². The molecule has 0 aliphatic heterocycles. The third-order valence-electron chi connectivity index (χ3n) is 2.01. The first-order chi connectivity index (χ1) is 6.90. The van der Waals surface area contributed by atoms with Gasteiger partial charge in [-0.05, 0) is 18.1 Å². The van der Waals surface area contributed by atoms with Crippen LogP contribution in [0.2, 0.25) is 0 Å². The van der Waals surface area contributed by atoms with Crippen LogP contribution in [0.4, 0.5) is 0 Å². The van der Waals surface area contributed by atoms with E-state index in [1.54, 1.807) is 18.7 Å². The molecule has 6 nitrogen and oxygen atoms in total. The summed E-state index contributed by atoms with van der Waals surface area (Å²) in [5.41, 5.74) is 4.53. The third kappa shape index (κ3) is 1.81. The Morgan fingerprint density at radius 1 is 1.64 bits per heavy atom. The average molecular weight is 193 g/mol. The van der Waals surface area contributed by atoms with Gasteiger partial charge in [-0.25, -0.2) is 0 Å². The Hall–Kier alpha value is -1.66. The topological polar surface area (TPSA) is 92.8 Å². The van der Waals surface area contributed by atoms with Gasteiger partial charge >= 0.3 is 0 Å². The molecule has 2 rings (SSSR count). The first-order valence-electron chi connectivity index (χ1n) is 4.23. The van der Waals surface area contributed by atoms with Gasteiger partial charge in [0.1, 0.15) is 5.69 Å². The summed E-state index contributed by atoms with van der Waals surface area (Å²) < 4.78 is 4.96. The summed E-state index contributed by atoms with van der Waals surface area (Å²) in [5.74, 6) is 5.42. The highest BCUT2D eigenvalue weighted by Gasteiger charge is 2.13. The number of aromatic amines is 1. The summed E-state index contributed by atoms with van der Waals surface area (Å²) in [6.07, 6.45) is 5.68. The van der Waals surface area contributed by atoms with E-state index < -0.39 is 0 Å². The largest absolute Gasteiger partial charge is 0.472 e. The number of nitrogens with zero attached hydrogens (tertiary/aromatic N) is 2. The molecule has 0 aromatic carbocycles. The third-order valence-corrected chi connectivity index (χ3v) is 2.01. The number of hydrogen-bond acceptors (Lipinski definition) is 5. The van der Waals surface area contributed by atoms with E-state index >= 15 is 0 Å². The zero-order chi connectivity index (χ0) is 9.80. The summed E-state index contributed by atoms with van der Waals surface area (Å²) in [7, 11) is 0. The van der Waals surface area contributed by atoms with E-state index in [1.165, 1.54) is 0 Å². The minimum absolute atomic E-state index is 0.0497. The smallest absolute Gasteiger partial charge is 0.101 e. The first-order valence-corrected chi connectivity index (χ1v) is 4.23. The maximum Gasteiger partial charge on any atom is 0.101 e. The predicted octanol–water partition coefficient (Wildman–Crippen LogP) is 0.145. The van der Waals surface area contributed by atoms with Gasteiger partial charge in [0, 0.05) is 0 Å². The second-order valence-corrected chi connectivity index (χ2v) is 2.95. The molecule has 14 heavy (non-hydrogen) atoms. The Kier molecular flexibility index (Phi) is 2.57. The van der Waals surface area contributed by atoms with Gasteiger partial charge in [-0.15, -0.1) is 0 Å². The van der Waals surface area contributed by atoms with Crippen LogP contribution in [0, 0.1) is 0 Å². The van der Waals surface area contributed by atoms with Crippen LogP contribution in [0.3, 0.4) is 0 Å². The lowest BCUT2D eigenvalue weighted by Gasteiger charge is -2.10. The van der Waals surface area contributed by atoms with E-state index in [2.05, 4.69) is 20.8 Å². The van der Waals surface area contributed by atoms with E-state index in [9.17, 15) is 0 Å². The van der Waals surface area contributed by atoms with Crippen molar-refractivity contribution in [3.63, 3.8) is 0 Å². The van der Waals surface area contributed by atoms with E-state index in [-0.39, 0.29) is 6.04 Å². The monoisotopic (exact) mass is 193 g/mol. The van der Waals surface area contributed by atoms with Crippen molar-refractivity contribution in [3.8, 4) is 0 Å². The van der Waals surface area contributed by atoms with Crippen LogP contribution in [0.25, 0.3) is 0 Å². The number of hydrogen-bond donors (Lipinski definition) is 3. The number of furan rings is 1. The fourth-order valence-electron chi connectivity index (χ4n) is 1.27. The maximum absolute atomic E-state index is 5.42. The Balaban J connectivity index is 2.08. The highest BCUT2D eigenvalue weighted by atomic mass is 16.3. The standard InChI is InChI=1S/C8H11N5O/c9-11-7(8-4-10-13-12-8)3-6-1-2-14-5-6/h1-2,4-5,7,11H,3,9H2,(H,10,12,13). The number of hydrazine groups is 1. The van der Waals surface area contributed by atoms with Crippen molar-refractivity contribution in [2.24, 2.45) is 5.84 Å². The van der Waals surface area contributed by atoms with Gasteiger partial charge in [-0.1, -0.05) is 0 Å². The molecule has 0 spiro atoms. The number of rotatable bonds is 4. The van der Waals surface area contributed by atoms with E-state index in [0.717, 1.165) is 17.7 Å². The second-order valence-electron chi connectivity index (χ2n) is 2.95. The summed E-state index contributed by atoms with van der Waals surface area (Å²) in [6.45, 7) is 0. The lowest BCUT2D eigenvalue weighted by atomic mass is 10.1. The van der Waals surface area contributed by atoms with Crippen molar-refractivity contribution in [3.05, 3.63) is 36.0 Å². The summed E-state index contributed by atoms with van der Waals surface area (Å²) in [6, 6.07) is 1.84. The molecule has 0 fully saturated rings. The number of aromatic nitrogens is 3. The van der Waals surface area contributed by atoms with Crippen molar-refractivity contribution in [2.75, 3.05) is 0 Å². The number of nitrogens with one attached hydrogen (secondary N) is 2. The summed E-state index contributed by atoms with van der Waals surface area (Å²) >= 11 is 0. The lowest BCUT2D eigenvalue weighted by molar-refractivity contribution is 0.526. The minimum Gasteiger partial charge on any atom is -0.472 e. The molecule has 4 N–H and O–H groups in total.